The molecule has 5 fully saturated rings. The summed E-state index contributed by atoms with van der Waals surface area (Å²) in [5.74, 6) is 3.35. The van der Waals surface area contributed by atoms with Gasteiger partial charge in [0.25, 0.3) is 0 Å². The minimum atomic E-state index is -0.108. The smallest absolute Gasteiger partial charge is 0.0594 e. The van der Waals surface area contributed by atoms with Crippen LogP contribution in [0.4, 0.5) is 0 Å². The molecule has 0 aliphatic heterocycles. The number of rotatable bonds is 0. The van der Waals surface area contributed by atoms with Gasteiger partial charge in [0.2, 0.25) is 0 Å². The van der Waals surface area contributed by atoms with Crippen molar-refractivity contribution in [3.63, 3.8) is 0 Å². The first-order valence-corrected chi connectivity index (χ1v) is 13.9. The summed E-state index contributed by atoms with van der Waals surface area (Å²) in [6, 6.07) is 0. The molecule has 9 atom stereocenters. The standard InChI is InChI=1S/C30H52O/c1-25(2)17-18-27(5)13-9-21-29(7)14-10-20-26(3,4)24(31)12-16-28(20,6)22(29)11-15-30(21,8)23(27)19-25/h20-24,31H,9-19H2,1-8H3. The molecule has 0 aromatic carbocycles. The van der Waals surface area contributed by atoms with Crippen LogP contribution in [0.3, 0.4) is 0 Å². The van der Waals surface area contributed by atoms with Crippen LogP contribution in [-0.4, -0.2) is 11.2 Å². The van der Waals surface area contributed by atoms with Gasteiger partial charge in [0.15, 0.2) is 0 Å². The summed E-state index contributed by atoms with van der Waals surface area (Å²) in [5.41, 5.74) is 2.64. The predicted octanol–water partition coefficient (Wildman–Crippen LogP) is 8.25. The van der Waals surface area contributed by atoms with E-state index in [0.717, 1.165) is 24.2 Å². The maximum atomic E-state index is 10.9. The van der Waals surface area contributed by atoms with Gasteiger partial charge in [-0.1, -0.05) is 55.4 Å². The third-order valence-corrected chi connectivity index (χ3v) is 13.4. The largest absolute Gasteiger partial charge is 0.393 e. The molecule has 1 heteroatoms. The van der Waals surface area contributed by atoms with Gasteiger partial charge >= 0.3 is 0 Å². The van der Waals surface area contributed by atoms with Crippen LogP contribution < -0.4 is 0 Å². The Hall–Kier alpha value is -0.0400. The average Bonchev–Trinajstić information content (AvgIpc) is 2.66. The van der Waals surface area contributed by atoms with Crippen LogP contribution in [0, 0.1) is 56.2 Å². The summed E-state index contributed by atoms with van der Waals surface area (Å²) >= 11 is 0. The number of aliphatic hydroxyl groups excluding tert-OH is 1. The highest BCUT2D eigenvalue weighted by Crippen LogP contribution is 2.76. The molecule has 0 spiro atoms. The lowest BCUT2D eigenvalue weighted by molar-refractivity contribution is -0.244. The highest BCUT2D eigenvalue weighted by atomic mass is 16.3. The molecule has 0 amide bonds. The minimum Gasteiger partial charge on any atom is -0.393 e. The van der Waals surface area contributed by atoms with Crippen molar-refractivity contribution in [2.24, 2.45) is 56.2 Å². The molecule has 1 nitrogen and oxygen atoms in total. The second-order valence-electron chi connectivity index (χ2n) is 15.7. The van der Waals surface area contributed by atoms with Crippen molar-refractivity contribution < 1.29 is 5.11 Å². The molecule has 5 aliphatic carbocycles. The second-order valence-corrected chi connectivity index (χ2v) is 15.7. The predicted molar refractivity (Wildman–Crippen MR) is 131 cm³/mol. The molecule has 1 N–H and O–H groups in total. The highest BCUT2D eigenvalue weighted by Gasteiger charge is 2.68. The van der Waals surface area contributed by atoms with E-state index in [1.165, 1.54) is 64.2 Å². The summed E-state index contributed by atoms with van der Waals surface area (Å²) in [5, 5.41) is 10.9. The lowest BCUT2D eigenvalue weighted by Gasteiger charge is -2.73. The zero-order valence-corrected chi connectivity index (χ0v) is 22.1. The van der Waals surface area contributed by atoms with Gasteiger partial charge in [-0.25, -0.2) is 0 Å². The van der Waals surface area contributed by atoms with Crippen molar-refractivity contribution in [3.8, 4) is 0 Å². The third-order valence-electron chi connectivity index (χ3n) is 13.4. The van der Waals surface area contributed by atoms with Crippen molar-refractivity contribution in [2.45, 2.75) is 132 Å². The number of fused-ring (bicyclic) bond motifs is 7. The van der Waals surface area contributed by atoms with E-state index < -0.39 is 0 Å². The lowest BCUT2D eigenvalue weighted by atomic mass is 9.32. The summed E-state index contributed by atoms with van der Waals surface area (Å²) in [6.45, 7) is 20.7. The van der Waals surface area contributed by atoms with E-state index in [4.69, 9.17) is 0 Å². The SMILES string of the molecule is CC1(C)CCC2(C)CCC3C(C)(CCC4C5(C)CCC(O)C(C)(C)C5CCC34C)C2C1. The van der Waals surface area contributed by atoms with E-state index in [-0.39, 0.29) is 11.5 Å². The maximum Gasteiger partial charge on any atom is 0.0594 e. The quantitative estimate of drug-likeness (QED) is 0.412. The molecular weight excluding hydrogens is 376 g/mol. The van der Waals surface area contributed by atoms with Crippen LogP contribution >= 0.6 is 0 Å². The Morgan fingerprint density at radius 3 is 1.65 bits per heavy atom. The van der Waals surface area contributed by atoms with Crippen LogP contribution in [0.2, 0.25) is 0 Å². The van der Waals surface area contributed by atoms with E-state index in [1.807, 2.05) is 0 Å². The molecule has 0 aromatic heterocycles. The Morgan fingerprint density at radius 2 is 1.00 bits per heavy atom. The van der Waals surface area contributed by atoms with Crippen molar-refractivity contribution in [2.75, 3.05) is 0 Å². The normalized spacial score (nSPS) is 57.8. The lowest BCUT2D eigenvalue weighted by Crippen LogP contribution is -2.66. The first kappa shape index (κ1) is 22.7. The van der Waals surface area contributed by atoms with Crippen LogP contribution in [0.25, 0.3) is 0 Å². The van der Waals surface area contributed by atoms with Gasteiger partial charge in [-0.15, -0.1) is 0 Å². The Labute approximate surface area is 193 Å². The van der Waals surface area contributed by atoms with Crippen molar-refractivity contribution in [3.05, 3.63) is 0 Å². The van der Waals surface area contributed by atoms with Gasteiger partial charge in [0.05, 0.1) is 6.10 Å². The number of aliphatic hydroxyl groups is 1. The topological polar surface area (TPSA) is 20.2 Å². The molecule has 0 bridgehead atoms. The van der Waals surface area contributed by atoms with Gasteiger partial charge in [-0.05, 0) is 127 Å². The van der Waals surface area contributed by atoms with Crippen LogP contribution in [-0.2, 0) is 0 Å². The summed E-state index contributed by atoms with van der Waals surface area (Å²) in [7, 11) is 0. The van der Waals surface area contributed by atoms with E-state index in [0.29, 0.717) is 33.0 Å². The molecule has 0 aromatic rings. The molecule has 178 valence electrons. The van der Waals surface area contributed by atoms with Crippen LogP contribution in [0.1, 0.15) is 126 Å². The zero-order valence-electron chi connectivity index (χ0n) is 22.1. The molecular formula is C30H52O. The Kier molecular flexibility index (Phi) is 4.80. The van der Waals surface area contributed by atoms with E-state index >= 15 is 0 Å². The van der Waals surface area contributed by atoms with Gasteiger partial charge in [-0.2, -0.15) is 0 Å². The van der Waals surface area contributed by atoms with E-state index in [1.54, 1.807) is 0 Å². The molecule has 5 saturated carbocycles. The third kappa shape index (κ3) is 2.89. The molecule has 0 saturated heterocycles. The number of hydrogen-bond acceptors (Lipinski definition) is 1. The highest BCUT2D eigenvalue weighted by molar-refractivity contribution is 5.17. The van der Waals surface area contributed by atoms with Crippen molar-refractivity contribution in [1.82, 2.24) is 0 Å². The van der Waals surface area contributed by atoms with Gasteiger partial charge in [-0.3, -0.25) is 0 Å². The molecule has 31 heavy (non-hydrogen) atoms. The molecule has 5 aliphatic rings. The Bertz CT molecular complexity index is 737. The fraction of sp³-hybridized carbons (Fsp3) is 1.00. The summed E-state index contributed by atoms with van der Waals surface area (Å²) < 4.78 is 0. The van der Waals surface area contributed by atoms with Crippen molar-refractivity contribution >= 4 is 0 Å². The molecule has 0 heterocycles. The minimum absolute atomic E-state index is 0.0770. The molecule has 9 unspecified atom stereocenters. The summed E-state index contributed by atoms with van der Waals surface area (Å²) in [6.07, 6.45) is 15.1. The first-order chi connectivity index (χ1) is 14.2. The fourth-order valence-electron chi connectivity index (χ4n) is 11.6. The molecule has 5 rings (SSSR count). The fourth-order valence-corrected chi connectivity index (χ4v) is 11.6. The van der Waals surface area contributed by atoms with Crippen LogP contribution in [0.15, 0.2) is 0 Å². The Balaban J connectivity index is 1.52. The van der Waals surface area contributed by atoms with Crippen molar-refractivity contribution in [1.29, 1.82) is 0 Å². The monoisotopic (exact) mass is 428 g/mol. The maximum absolute atomic E-state index is 10.9. The average molecular weight is 429 g/mol. The Morgan fingerprint density at radius 1 is 0.516 bits per heavy atom. The van der Waals surface area contributed by atoms with Gasteiger partial charge in [0, 0.05) is 0 Å². The van der Waals surface area contributed by atoms with Gasteiger partial charge < -0.3 is 5.11 Å². The van der Waals surface area contributed by atoms with Gasteiger partial charge in [0.1, 0.15) is 0 Å². The number of hydrogen-bond donors (Lipinski definition) is 1. The van der Waals surface area contributed by atoms with Crippen LogP contribution in [0.5, 0.6) is 0 Å². The van der Waals surface area contributed by atoms with E-state index in [2.05, 4.69) is 55.4 Å². The van der Waals surface area contributed by atoms with E-state index in [9.17, 15) is 5.11 Å². The summed E-state index contributed by atoms with van der Waals surface area (Å²) in [4.78, 5) is 0. The second kappa shape index (κ2) is 6.55. The first-order valence-electron chi connectivity index (χ1n) is 13.9. The molecule has 0 radical (unpaired) electrons. The zero-order chi connectivity index (χ0) is 22.7.